The first-order valence-electron chi connectivity index (χ1n) is 12.9. The van der Waals surface area contributed by atoms with Crippen LogP contribution in [0.15, 0.2) is 71.7 Å². The third kappa shape index (κ3) is 4.52. The topological polar surface area (TPSA) is 71.8 Å². The zero-order valence-corrected chi connectivity index (χ0v) is 22.9. The highest BCUT2D eigenvalue weighted by Gasteiger charge is 2.46. The maximum absolute atomic E-state index is 13.4. The number of aliphatic hydroxyl groups is 1. The Hall–Kier alpha value is -3.84. The summed E-state index contributed by atoms with van der Waals surface area (Å²) >= 11 is 1.47. The summed E-state index contributed by atoms with van der Waals surface area (Å²) in [7, 11) is 2.01. The molecule has 0 spiro atoms. The van der Waals surface area contributed by atoms with Crippen LogP contribution in [0.3, 0.4) is 0 Å². The number of ether oxygens (including phenoxy) is 1. The highest BCUT2D eigenvalue weighted by molar-refractivity contribution is 7.10. The van der Waals surface area contributed by atoms with Gasteiger partial charge in [0.15, 0.2) is 0 Å². The van der Waals surface area contributed by atoms with Crippen LogP contribution < -0.4 is 4.74 Å². The van der Waals surface area contributed by atoms with E-state index in [2.05, 4.69) is 36.7 Å². The Kier molecular flexibility index (Phi) is 7.13. The summed E-state index contributed by atoms with van der Waals surface area (Å²) in [5.41, 5.74) is 3.81. The maximum atomic E-state index is 13.4. The van der Waals surface area contributed by atoms with Gasteiger partial charge in [0.05, 0.1) is 18.2 Å². The van der Waals surface area contributed by atoms with Crippen LogP contribution in [-0.4, -0.2) is 39.4 Å². The van der Waals surface area contributed by atoms with Crippen LogP contribution in [0.4, 0.5) is 0 Å². The summed E-state index contributed by atoms with van der Waals surface area (Å²) in [6.45, 7) is 6.93. The molecule has 1 aliphatic rings. The van der Waals surface area contributed by atoms with E-state index in [1.54, 1.807) is 11.0 Å². The third-order valence-electron chi connectivity index (χ3n) is 7.16. The zero-order chi connectivity index (χ0) is 27.0. The first-order valence-corrected chi connectivity index (χ1v) is 13.8. The Labute approximate surface area is 226 Å². The number of para-hydroxylation sites is 1. The van der Waals surface area contributed by atoms with Crippen molar-refractivity contribution in [1.82, 2.24) is 9.47 Å². The largest absolute Gasteiger partial charge is 0.507 e. The van der Waals surface area contributed by atoms with Crippen LogP contribution >= 0.6 is 11.3 Å². The summed E-state index contributed by atoms with van der Waals surface area (Å²) in [6.07, 6.45) is 2.67. The number of hydrogen-bond acceptors (Lipinski definition) is 5. The molecule has 2 aromatic carbocycles. The van der Waals surface area contributed by atoms with E-state index in [0.29, 0.717) is 25.1 Å². The lowest BCUT2D eigenvalue weighted by Crippen LogP contribution is -2.31. The zero-order valence-electron chi connectivity index (χ0n) is 22.1. The maximum Gasteiger partial charge on any atom is 0.295 e. The van der Waals surface area contributed by atoms with E-state index in [9.17, 15) is 14.7 Å². The second-order valence-corrected chi connectivity index (χ2v) is 10.9. The molecule has 1 unspecified atom stereocenters. The number of aromatic nitrogens is 1. The van der Waals surface area contributed by atoms with Crippen molar-refractivity contribution < 1.29 is 19.4 Å². The number of benzene rings is 2. The Morgan fingerprint density at radius 2 is 1.89 bits per heavy atom. The molecular formula is C31H32N2O4S. The number of carbonyl (C=O) groups is 2. The monoisotopic (exact) mass is 528 g/mol. The normalized spacial score (nSPS) is 17.2. The van der Waals surface area contributed by atoms with Crippen LogP contribution in [-0.2, 0) is 23.1 Å². The molecule has 2 aromatic heterocycles. The van der Waals surface area contributed by atoms with Gasteiger partial charge in [-0.25, -0.2) is 0 Å². The van der Waals surface area contributed by atoms with Crippen molar-refractivity contribution in [1.29, 1.82) is 0 Å². The van der Waals surface area contributed by atoms with Crippen LogP contribution in [0, 0.1) is 0 Å². The molecule has 3 heterocycles. The molecule has 6 nitrogen and oxygen atoms in total. The molecule has 4 aromatic rings. The Bertz CT molecular complexity index is 1530. The van der Waals surface area contributed by atoms with Crippen LogP contribution in [0.2, 0.25) is 0 Å². The fourth-order valence-electron chi connectivity index (χ4n) is 5.31. The van der Waals surface area contributed by atoms with Gasteiger partial charge < -0.3 is 19.3 Å². The van der Waals surface area contributed by atoms with Gasteiger partial charge >= 0.3 is 0 Å². The number of aliphatic hydroxyl groups excluding tert-OH is 1. The van der Waals surface area contributed by atoms with Gasteiger partial charge in [0.1, 0.15) is 11.5 Å². The van der Waals surface area contributed by atoms with Crippen molar-refractivity contribution in [3.05, 3.63) is 93.3 Å². The van der Waals surface area contributed by atoms with E-state index < -0.39 is 17.7 Å². The van der Waals surface area contributed by atoms with Gasteiger partial charge in [-0.15, -0.1) is 11.3 Å². The van der Waals surface area contributed by atoms with Gasteiger partial charge in [0.25, 0.3) is 11.7 Å². The lowest BCUT2D eigenvalue weighted by molar-refractivity contribution is -0.139. The van der Waals surface area contributed by atoms with Crippen molar-refractivity contribution in [2.24, 2.45) is 7.05 Å². The van der Waals surface area contributed by atoms with Gasteiger partial charge in [-0.1, -0.05) is 38.1 Å². The smallest absolute Gasteiger partial charge is 0.295 e. The number of carbonyl (C=O) groups excluding carboxylic acids is 2. The number of hydrogen-bond donors (Lipinski definition) is 1. The SMILES string of the molecule is CCOc1ccc(/C(O)=C2/C(=O)C(=O)N(CCc3cn(C)c4ccccc34)C2c2cccs2)cc1C(C)C. The van der Waals surface area contributed by atoms with E-state index >= 15 is 0 Å². The van der Waals surface area contributed by atoms with Crippen molar-refractivity contribution in [3.63, 3.8) is 0 Å². The molecule has 1 fully saturated rings. The highest BCUT2D eigenvalue weighted by atomic mass is 32.1. The molecule has 0 radical (unpaired) electrons. The van der Waals surface area contributed by atoms with Gasteiger partial charge in [-0.2, -0.15) is 0 Å². The second-order valence-electron chi connectivity index (χ2n) is 9.88. The lowest BCUT2D eigenvalue weighted by atomic mass is 9.95. The molecule has 0 bridgehead atoms. The second kappa shape index (κ2) is 10.5. The molecule has 7 heteroatoms. The van der Waals surface area contributed by atoms with Crippen molar-refractivity contribution in [3.8, 4) is 5.75 Å². The molecule has 0 aliphatic carbocycles. The molecule has 5 rings (SSSR count). The predicted molar refractivity (Wildman–Crippen MR) is 152 cm³/mol. The molecule has 1 aliphatic heterocycles. The first-order chi connectivity index (χ1) is 18.3. The summed E-state index contributed by atoms with van der Waals surface area (Å²) < 4.78 is 7.85. The Balaban J connectivity index is 1.55. The van der Waals surface area contributed by atoms with Crippen molar-refractivity contribution >= 4 is 39.7 Å². The number of amides is 1. The van der Waals surface area contributed by atoms with Gasteiger partial charge in [-0.3, -0.25) is 9.59 Å². The lowest BCUT2D eigenvalue weighted by Gasteiger charge is -2.24. The molecule has 1 saturated heterocycles. The van der Waals surface area contributed by atoms with E-state index in [-0.39, 0.29) is 17.3 Å². The summed E-state index contributed by atoms with van der Waals surface area (Å²) in [5.74, 6) is -0.483. The minimum absolute atomic E-state index is 0.134. The van der Waals surface area contributed by atoms with E-state index in [1.807, 2.05) is 55.7 Å². The molecular weight excluding hydrogens is 496 g/mol. The van der Waals surface area contributed by atoms with Crippen LogP contribution in [0.25, 0.3) is 16.7 Å². The summed E-state index contributed by atoms with van der Waals surface area (Å²) in [6, 6.07) is 16.8. The van der Waals surface area contributed by atoms with Crippen LogP contribution in [0.5, 0.6) is 5.75 Å². The molecule has 1 atom stereocenters. The number of fused-ring (bicyclic) bond motifs is 1. The standard InChI is InChI=1S/C31H32N2O4S/c1-5-37-25-13-12-20(17-23(25)19(2)3)29(34)27-28(26-11-8-16-38-26)33(31(36)30(27)35)15-14-21-18-32(4)24-10-7-6-9-22(21)24/h6-13,16-19,28,34H,5,14-15H2,1-4H3/b29-27-. The van der Waals surface area contributed by atoms with Gasteiger partial charge in [0, 0.05) is 41.1 Å². The summed E-state index contributed by atoms with van der Waals surface area (Å²) in [4.78, 5) is 29.2. The minimum atomic E-state index is -0.654. The molecule has 196 valence electrons. The fraction of sp³-hybridized carbons (Fsp3) is 0.290. The van der Waals surface area contributed by atoms with E-state index in [4.69, 9.17) is 4.74 Å². The number of nitrogens with zero attached hydrogens (tertiary/aromatic N) is 2. The van der Waals surface area contributed by atoms with Crippen molar-refractivity contribution in [2.45, 2.75) is 39.2 Å². The minimum Gasteiger partial charge on any atom is -0.507 e. The Morgan fingerprint density at radius 3 is 2.61 bits per heavy atom. The number of thiophene rings is 1. The fourth-order valence-corrected chi connectivity index (χ4v) is 6.15. The van der Waals surface area contributed by atoms with Crippen molar-refractivity contribution in [2.75, 3.05) is 13.2 Å². The summed E-state index contributed by atoms with van der Waals surface area (Å²) in [5, 5.41) is 14.6. The third-order valence-corrected chi connectivity index (χ3v) is 8.08. The molecule has 38 heavy (non-hydrogen) atoms. The molecule has 0 saturated carbocycles. The number of rotatable bonds is 8. The van der Waals surface area contributed by atoms with Crippen LogP contribution in [0.1, 0.15) is 54.3 Å². The number of likely N-dealkylation sites (tertiary alicyclic amines) is 1. The van der Waals surface area contributed by atoms with Gasteiger partial charge in [0.2, 0.25) is 0 Å². The predicted octanol–water partition coefficient (Wildman–Crippen LogP) is 6.43. The van der Waals surface area contributed by atoms with E-state index in [1.165, 1.54) is 11.3 Å². The number of Topliss-reactive ketones (excluding diaryl/α,β-unsaturated/α-hetero) is 1. The number of ketones is 1. The highest BCUT2D eigenvalue weighted by Crippen LogP contribution is 2.42. The first kappa shape index (κ1) is 25.8. The van der Waals surface area contributed by atoms with Gasteiger partial charge in [-0.05, 0) is 66.1 Å². The number of aryl methyl sites for hydroxylation is 1. The quantitative estimate of drug-likeness (QED) is 0.163. The Morgan fingerprint density at radius 1 is 1.11 bits per heavy atom. The average Bonchev–Trinajstić information content (AvgIpc) is 3.61. The molecule has 1 amide bonds. The molecule has 1 N–H and O–H groups in total. The average molecular weight is 529 g/mol. The van der Waals surface area contributed by atoms with E-state index in [0.717, 1.165) is 32.7 Å².